The van der Waals surface area contributed by atoms with Crippen LogP contribution >= 0.6 is 11.3 Å². The maximum absolute atomic E-state index is 15.1. The van der Waals surface area contributed by atoms with Crippen molar-refractivity contribution >= 4 is 39.3 Å². The summed E-state index contributed by atoms with van der Waals surface area (Å²) in [5.41, 5.74) is 2.03. The molecule has 2 aromatic carbocycles. The molecule has 0 unspecified atom stereocenters. The van der Waals surface area contributed by atoms with E-state index in [0.29, 0.717) is 34.7 Å². The fourth-order valence-corrected chi connectivity index (χ4v) is 5.63. The second-order valence-electron chi connectivity index (χ2n) is 10.3. The van der Waals surface area contributed by atoms with Crippen LogP contribution in [-0.4, -0.2) is 69.4 Å². The summed E-state index contributed by atoms with van der Waals surface area (Å²) in [6.07, 6.45) is 1.20. The van der Waals surface area contributed by atoms with E-state index in [4.69, 9.17) is 4.74 Å². The Morgan fingerprint density at radius 3 is 2.50 bits per heavy atom. The molecular weight excluding hydrogens is 590 g/mol. The number of hydrogen-bond donors (Lipinski definition) is 1. The quantitative estimate of drug-likeness (QED) is 0.253. The van der Waals surface area contributed by atoms with Crippen molar-refractivity contribution in [1.82, 2.24) is 24.3 Å². The fourth-order valence-electron chi connectivity index (χ4n) is 4.84. The summed E-state index contributed by atoms with van der Waals surface area (Å²) in [5, 5.41) is 2.74. The Hall–Kier alpha value is -5.01. The average Bonchev–Trinajstić information content (AvgIpc) is 3.48. The van der Waals surface area contributed by atoms with Gasteiger partial charge < -0.3 is 14.5 Å². The molecule has 2 amide bonds. The van der Waals surface area contributed by atoms with Gasteiger partial charge in [0.05, 0.1) is 22.3 Å². The number of thiazole rings is 1. The van der Waals surface area contributed by atoms with E-state index in [1.54, 1.807) is 10.4 Å². The number of Topliss-reactive ketones (excluding diaryl/α,β-unsaturated/α-hetero) is 1. The third-order valence-electron chi connectivity index (χ3n) is 7.22. The van der Waals surface area contributed by atoms with Crippen LogP contribution in [0.15, 0.2) is 77.2 Å². The van der Waals surface area contributed by atoms with E-state index < -0.39 is 23.0 Å². The zero-order valence-electron chi connectivity index (χ0n) is 23.5. The fraction of sp³-hybridized carbons (Fsp3) is 0.194. The molecule has 1 saturated heterocycles. The highest BCUT2D eigenvalue weighted by molar-refractivity contribution is 7.16. The molecule has 0 radical (unpaired) electrons. The van der Waals surface area contributed by atoms with Gasteiger partial charge in [-0.25, -0.2) is 23.5 Å². The number of amides is 2. The number of urea groups is 1. The lowest BCUT2D eigenvalue weighted by molar-refractivity contribution is 0.0991. The number of halogens is 2. The molecule has 44 heavy (non-hydrogen) atoms. The van der Waals surface area contributed by atoms with Crippen LogP contribution in [0.5, 0.6) is 11.5 Å². The third kappa shape index (κ3) is 6.19. The second kappa shape index (κ2) is 12.3. The summed E-state index contributed by atoms with van der Waals surface area (Å²) >= 11 is 1.22. The van der Waals surface area contributed by atoms with Crippen LogP contribution < -0.4 is 15.6 Å². The monoisotopic (exact) mass is 616 g/mol. The number of hydrogen-bond acceptors (Lipinski definition) is 8. The number of nitrogens with one attached hydrogen (secondary N) is 1. The first kappa shape index (κ1) is 29.1. The number of pyridine rings is 2. The number of nitrogens with zero attached hydrogens (tertiary/aromatic N) is 5. The number of fused-ring (bicyclic) bond motifs is 1. The SMILES string of the molecule is CN1CCN(C(=O)Nc2cc(Oc3ccc(CC(=O)c4cc5ncsc5n(-c5ccc(F)cc5)c4=O)cc3F)ccn2)CC1. The van der Waals surface area contributed by atoms with Crippen molar-refractivity contribution in [2.24, 2.45) is 0 Å². The van der Waals surface area contributed by atoms with Crippen LogP contribution in [0.25, 0.3) is 16.0 Å². The molecule has 224 valence electrons. The van der Waals surface area contributed by atoms with Gasteiger partial charge in [0.2, 0.25) is 0 Å². The number of ether oxygens (including phenoxy) is 1. The molecule has 3 aromatic heterocycles. The summed E-state index contributed by atoms with van der Waals surface area (Å²) in [7, 11) is 2.00. The molecule has 1 aliphatic heterocycles. The van der Waals surface area contributed by atoms with E-state index in [1.807, 2.05) is 7.05 Å². The van der Waals surface area contributed by atoms with E-state index in [0.717, 1.165) is 13.1 Å². The molecule has 0 spiro atoms. The van der Waals surface area contributed by atoms with Crippen molar-refractivity contribution in [3.63, 3.8) is 0 Å². The van der Waals surface area contributed by atoms with Gasteiger partial charge in [0, 0.05) is 44.9 Å². The average molecular weight is 617 g/mol. The van der Waals surface area contributed by atoms with Gasteiger partial charge in [-0.3, -0.25) is 19.5 Å². The number of piperazine rings is 1. The molecule has 10 nitrogen and oxygen atoms in total. The highest BCUT2D eigenvalue weighted by Crippen LogP contribution is 2.27. The number of ketones is 1. The maximum atomic E-state index is 15.1. The van der Waals surface area contributed by atoms with Gasteiger partial charge in [-0.1, -0.05) is 6.07 Å². The summed E-state index contributed by atoms with van der Waals surface area (Å²) < 4.78 is 35.7. The summed E-state index contributed by atoms with van der Waals surface area (Å²) in [6, 6.07) is 13.6. The van der Waals surface area contributed by atoms with E-state index >= 15 is 4.39 Å². The van der Waals surface area contributed by atoms with Crippen LogP contribution in [0.1, 0.15) is 15.9 Å². The Labute approximate surface area is 254 Å². The van der Waals surface area contributed by atoms with Gasteiger partial charge >= 0.3 is 6.03 Å². The van der Waals surface area contributed by atoms with Crippen molar-refractivity contribution in [2.75, 3.05) is 38.5 Å². The lowest BCUT2D eigenvalue weighted by atomic mass is 10.0. The van der Waals surface area contributed by atoms with E-state index in [2.05, 4.69) is 20.2 Å². The Kier molecular flexibility index (Phi) is 8.13. The van der Waals surface area contributed by atoms with E-state index in [1.165, 1.54) is 82.8 Å². The Morgan fingerprint density at radius 2 is 1.75 bits per heavy atom. The highest BCUT2D eigenvalue weighted by Gasteiger charge is 2.21. The number of carbonyl (C=O) groups excluding carboxylic acids is 2. The number of anilines is 1. The number of rotatable bonds is 7. The molecule has 6 rings (SSSR count). The van der Waals surface area contributed by atoms with E-state index in [-0.39, 0.29) is 35.3 Å². The van der Waals surface area contributed by atoms with Gasteiger partial charge in [-0.05, 0) is 61.1 Å². The second-order valence-corrected chi connectivity index (χ2v) is 11.1. The molecule has 0 saturated carbocycles. The predicted octanol–water partition coefficient (Wildman–Crippen LogP) is 5.12. The molecular formula is C31H26F2N6O4S. The minimum atomic E-state index is -0.714. The predicted molar refractivity (Wildman–Crippen MR) is 162 cm³/mol. The molecule has 0 atom stereocenters. The first-order valence-corrected chi connectivity index (χ1v) is 14.6. The summed E-state index contributed by atoms with van der Waals surface area (Å²) in [4.78, 5) is 52.0. The van der Waals surface area contributed by atoms with Crippen LogP contribution in [0.2, 0.25) is 0 Å². The molecule has 4 heterocycles. The zero-order chi connectivity index (χ0) is 30.8. The van der Waals surface area contributed by atoms with Crippen molar-refractivity contribution in [2.45, 2.75) is 6.42 Å². The van der Waals surface area contributed by atoms with Gasteiger partial charge in [0.1, 0.15) is 22.2 Å². The number of aromatic nitrogens is 3. The van der Waals surface area contributed by atoms with Crippen LogP contribution in [-0.2, 0) is 6.42 Å². The normalized spacial score (nSPS) is 13.7. The molecule has 1 aliphatic rings. The molecule has 1 fully saturated rings. The smallest absolute Gasteiger partial charge is 0.323 e. The lowest BCUT2D eigenvalue weighted by Gasteiger charge is -2.32. The van der Waals surface area contributed by atoms with Crippen LogP contribution in [0, 0.1) is 11.6 Å². The van der Waals surface area contributed by atoms with Crippen LogP contribution in [0.4, 0.5) is 19.4 Å². The zero-order valence-corrected chi connectivity index (χ0v) is 24.3. The number of benzene rings is 2. The first-order valence-electron chi connectivity index (χ1n) is 13.7. The minimum absolute atomic E-state index is 0.0914. The third-order valence-corrected chi connectivity index (χ3v) is 8.05. The lowest BCUT2D eigenvalue weighted by Crippen LogP contribution is -2.48. The maximum Gasteiger partial charge on any atom is 0.323 e. The van der Waals surface area contributed by atoms with Gasteiger partial charge in [0.15, 0.2) is 17.3 Å². The van der Waals surface area contributed by atoms with Gasteiger partial charge in [-0.15, -0.1) is 11.3 Å². The Bertz CT molecular complexity index is 1920. The van der Waals surface area contributed by atoms with Crippen LogP contribution in [0.3, 0.4) is 0 Å². The first-order chi connectivity index (χ1) is 21.2. The summed E-state index contributed by atoms with van der Waals surface area (Å²) in [6.45, 7) is 2.75. The molecule has 1 N–H and O–H groups in total. The van der Waals surface area contributed by atoms with Crippen molar-refractivity contribution in [3.8, 4) is 17.2 Å². The molecule has 0 aliphatic carbocycles. The minimum Gasteiger partial charge on any atom is -0.454 e. The van der Waals surface area contributed by atoms with Crippen molar-refractivity contribution in [1.29, 1.82) is 0 Å². The van der Waals surface area contributed by atoms with Gasteiger partial charge in [0.25, 0.3) is 5.56 Å². The standard InChI is InChI=1S/C31H26F2N6O4S/c1-37-10-12-38(13-11-37)31(42)36-28-16-22(8-9-34-28)43-27-7-2-19(14-24(27)33)15-26(40)23-17-25-30(44-18-35-25)39(29(23)41)21-5-3-20(32)4-6-21/h2-9,14,16-18H,10-13,15H2,1H3,(H,34,36,42). The van der Waals surface area contributed by atoms with E-state index in [9.17, 15) is 18.8 Å². The molecule has 13 heteroatoms. The largest absolute Gasteiger partial charge is 0.454 e. The van der Waals surface area contributed by atoms with Crippen molar-refractivity contribution < 1.29 is 23.1 Å². The van der Waals surface area contributed by atoms with Gasteiger partial charge in [-0.2, -0.15) is 0 Å². The Balaban J connectivity index is 1.17. The highest BCUT2D eigenvalue weighted by atomic mass is 32.1. The topological polar surface area (TPSA) is 110 Å². The number of carbonyl (C=O) groups is 2. The Morgan fingerprint density at radius 1 is 0.977 bits per heavy atom. The number of likely N-dealkylation sites (N-methyl/N-ethyl adjacent to an activating group) is 1. The van der Waals surface area contributed by atoms with Crippen molar-refractivity contribution in [3.05, 3.63) is 105 Å². The molecule has 5 aromatic rings. The summed E-state index contributed by atoms with van der Waals surface area (Å²) in [5.74, 6) is -1.27. The molecule has 0 bridgehead atoms.